The lowest BCUT2D eigenvalue weighted by molar-refractivity contribution is 0.795. The van der Waals surface area contributed by atoms with Crippen LogP contribution in [0, 0.1) is 0 Å². The molecule has 1 heteroatoms. The summed E-state index contributed by atoms with van der Waals surface area (Å²) in [5, 5.41) is 2.58. The highest BCUT2D eigenvalue weighted by molar-refractivity contribution is 9.10. The van der Waals surface area contributed by atoms with Crippen LogP contribution in [0.5, 0.6) is 0 Å². The summed E-state index contributed by atoms with van der Waals surface area (Å²) in [6, 6.07) is 47.3. The van der Waals surface area contributed by atoms with Crippen molar-refractivity contribution in [3.05, 3.63) is 154 Å². The van der Waals surface area contributed by atoms with Gasteiger partial charge in [-0.05, 0) is 96.7 Å². The average Bonchev–Trinajstić information content (AvgIpc) is 3.39. The molecule has 2 aliphatic rings. The van der Waals surface area contributed by atoms with Crippen molar-refractivity contribution in [3.63, 3.8) is 0 Å². The van der Waals surface area contributed by atoms with Crippen LogP contribution in [0.1, 0.15) is 22.3 Å². The van der Waals surface area contributed by atoms with E-state index in [9.17, 15) is 0 Å². The van der Waals surface area contributed by atoms with E-state index in [2.05, 4.69) is 143 Å². The summed E-state index contributed by atoms with van der Waals surface area (Å²) in [5.74, 6) is 0. The fraction of sp³-hybridized carbons (Fsp3) is 0.0286. The number of halogens is 1. The van der Waals surface area contributed by atoms with Crippen LogP contribution in [-0.2, 0) is 5.41 Å². The zero-order valence-corrected chi connectivity index (χ0v) is 21.1. The second-order valence-electron chi connectivity index (χ2n) is 9.85. The molecule has 0 nitrogen and oxygen atoms in total. The minimum Gasteiger partial charge on any atom is -0.0619 e. The molecule has 0 bridgehead atoms. The van der Waals surface area contributed by atoms with E-state index in [1.54, 1.807) is 0 Å². The molecule has 0 radical (unpaired) electrons. The van der Waals surface area contributed by atoms with Crippen LogP contribution in [0.25, 0.3) is 44.2 Å². The summed E-state index contributed by atoms with van der Waals surface area (Å²) in [6.45, 7) is 0. The lowest BCUT2D eigenvalue weighted by atomic mass is 9.70. The van der Waals surface area contributed by atoms with Crippen molar-refractivity contribution in [1.29, 1.82) is 0 Å². The zero-order chi connectivity index (χ0) is 23.9. The van der Waals surface area contributed by atoms with E-state index >= 15 is 0 Å². The van der Waals surface area contributed by atoms with Gasteiger partial charge in [-0.1, -0.05) is 113 Å². The molecule has 36 heavy (non-hydrogen) atoms. The van der Waals surface area contributed by atoms with Crippen LogP contribution >= 0.6 is 15.9 Å². The van der Waals surface area contributed by atoms with E-state index in [0.717, 1.165) is 4.47 Å². The molecule has 0 amide bonds. The highest BCUT2D eigenvalue weighted by Crippen LogP contribution is 2.63. The first-order valence-corrected chi connectivity index (χ1v) is 13.2. The highest BCUT2D eigenvalue weighted by atomic mass is 79.9. The molecule has 0 saturated carbocycles. The lowest BCUT2D eigenvalue weighted by Gasteiger charge is -2.31. The minimum atomic E-state index is -0.326. The monoisotopic (exact) mass is 520 g/mol. The Balaban J connectivity index is 1.53. The average molecular weight is 521 g/mol. The molecule has 0 unspecified atom stereocenters. The Bertz CT molecular complexity index is 1800. The van der Waals surface area contributed by atoms with Crippen LogP contribution in [0.4, 0.5) is 0 Å². The van der Waals surface area contributed by atoms with Crippen LogP contribution in [0.2, 0.25) is 0 Å². The Kier molecular flexibility index (Phi) is 4.10. The van der Waals surface area contributed by atoms with Crippen molar-refractivity contribution in [2.45, 2.75) is 5.41 Å². The third-order valence-corrected chi connectivity index (χ3v) is 8.66. The maximum Gasteiger partial charge on any atom is 0.0725 e. The molecule has 2 aliphatic carbocycles. The van der Waals surface area contributed by atoms with Crippen molar-refractivity contribution in [1.82, 2.24) is 0 Å². The van der Waals surface area contributed by atoms with E-state index in [-0.39, 0.29) is 5.41 Å². The molecule has 0 aliphatic heterocycles. The first-order chi connectivity index (χ1) is 17.7. The van der Waals surface area contributed by atoms with Crippen LogP contribution in [0.15, 0.2) is 132 Å². The van der Waals surface area contributed by atoms with Gasteiger partial charge in [-0.15, -0.1) is 0 Å². The molecular weight excluding hydrogens is 500 g/mol. The molecule has 8 rings (SSSR count). The van der Waals surface area contributed by atoms with E-state index < -0.39 is 0 Å². The zero-order valence-electron chi connectivity index (χ0n) is 19.5. The molecule has 6 aromatic carbocycles. The summed E-state index contributed by atoms with van der Waals surface area (Å²) in [4.78, 5) is 0. The van der Waals surface area contributed by atoms with Crippen molar-refractivity contribution >= 4 is 26.7 Å². The summed E-state index contributed by atoms with van der Waals surface area (Å²) >= 11 is 3.59. The summed E-state index contributed by atoms with van der Waals surface area (Å²) < 4.78 is 1.10. The predicted octanol–water partition coefficient (Wildman–Crippen LogP) is 9.61. The Morgan fingerprint density at radius 1 is 0.389 bits per heavy atom. The summed E-state index contributed by atoms with van der Waals surface area (Å²) in [5.41, 5.74) is 13.1. The third kappa shape index (κ3) is 2.54. The second-order valence-corrected chi connectivity index (χ2v) is 10.8. The fourth-order valence-corrected chi connectivity index (χ4v) is 6.91. The van der Waals surface area contributed by atoms with E-state index in [0.29, 0.717) is 0 Å². The van der Waals surface area contributed by atoms with Gasteiger partial charge in [-0.3, -0.25) is 0 Å². The first-order valence-electron chi connectivity index (χ1n) is 12.4. The quantitative estimate of drug-likeness (QED) is 0.202. The van der Waals surface area contributed by atoms with Gasteiger partial charge >= 0.3 is 0 Å². The predicted molar refractivity (Wildman–Crippen MR) is 153 cm³/mol. The molecule has 0 fully saturated rings. The van der Waals surface area contributed by atoms with Gasteiger partial charge in [-0.2, -0.15) is 0 Å². The van der Waals surface area contributed by atoms with Crippen LogP contribution in [0.3, 0.4) is 0 Å². The summed E-state index contributed by atoms with van der Waals surface area (Å²) in [6.07, 6.45) is 0. The molecule has 168 valence electrons. The number of fused-ring (bicyclic) bond motifs is 11. The minimum absolute atomic E-state index is 0.326. The van der Waals surface area contributed by atoms with Gasteiger partial charge in [-0.25, -0.2) is 0 Å². The first kappa shape index (κ1) is 20.3. The molecule has 0 N–H and O–H groups in total. The normalized spacial score (nSPS) is 13.9. The third-order valence-electron chi connectivity index (χ3n) is 8.13. The van der Waals surface area contributed by atoms with Gasteiger partial charge < -0.3 is 0 Å². The molecule has 1 spiro atoms. The standard InChI is InChI=1S/C35H21Br/c36-26-16-13-22(14-17-26)25-15-18-29-30-19-23-7-1-2-8-24(23)20-34(30)35(33(29)21-25)31-11-5-3-9-27(31)28-10-4-6-12-32(28)35/h1-21H. The number of hydrogen-bond donors (Lipinski definition) is 0. The molecule has 6 aromatic rings. The molecular formula is C35H21Br. The smallest absolute Gasteiger partial charge is 0.0619 e. The lowest BCUT2D eigenvalue weighted by Crippen LogP contribution is -2.25. The van der Waals surface area contributed by atoms with Gasteiger partial charge in [0.15, 0.2) is 0 Å². The van der Waals surface area contributed by atoms with Gasteiger partial charge in [0.05, 0.1) is 5.41 Å². The van der Waals surface area contributed by atoms with Crippen LogP contribution < -0.4 is 0 Å². The molecule has 0 heterocycles. The largest absolute Gasteiger partial charge is 0.0725 e. The van der Waals surface area contributed by atoms with Crippen molar-refractivity contribution in [3.8, 4) is 33.4 Å². The summed E-state index contributed by atoms with van der Waals surface area (Å²) in [7, 11) is 0. The van der Waals surface area contributed by atoms with E-state index in [1.165, 1.54) is 66.4 Å². The van der Waals surface area contributed by atoms with Gasteiger partial charge in [0.2, 0.25) is 0 Å². The number of rotatable bonds is 1. The van der Waals surface area contributed by atoms with Gasteiger partial charge in [0, 0.05) is 4.47 Å². The van der Waals surface area contributed by atoms with Gasteiger partial charge in [0.1, 0.15) is 0 Å². The van der Waals surface area contributed by atoms with Crippen molar-refractivity contribution in [2.24, 2.45) is 0 Å². The fourth-order valence-electron chi connectivity index (χ4n) is 6.65. The Labute approximate surface area is 219 Å². The van der Waals surface area contributed by atoms with Crippen molar-refractivity contribution in [2.75, 3.05) is 0 Å². The number of benzene rings is 6. The second kappa shape index (κ2) is 7.29. The Morgan fingerprint density at radius 3 is 1.61 bits per heavy atom. The Morgan fingerprint density at radius 2 is 0.917 bits per heavy atom. The van der Waals surface area contributed by atoms with Crippen LogP contribution in [-0.4, -0.2) is 0 Å². The number of hydrogen-bond acceptors (Lipinski definition) is 0. The van der Waals surface area contributed by atoms with E-state index in [1.807, 2.05) is 0 Å². The maximum absolute atomic E-state index is 3.59. The molecule has 0 aromatic heterocycles. The molecule has 0 atom stereocenters. The van der Waals surface area contributed by atoms with Crippen molar-refractivity contribution < 1.29 is 0 Å². The van der Waals surface area contributed by atoms with Gasteiger partial charge in [0.25, 0.3) is 0 Å². The van der Waals surface area contributed by atoms with E-state index in [4.69, 9.17) is 0 Å². The Hall–Kier alpha value is -3.94. The maximum atomic E-state index is 3.59. The molecule has 0 saturated heterocycles. The SMILES string of the molecule is Brc1ccc(-c2ccc3c(c2)C2(c4ccccc4-c4ccccc42)c2cc4ccccc4cc2-3)cc1. The topological polar surface area (TPSA) is 0 Å². The highest BCUT2D eigenvalue weighted by Gasteiger charge is 2.51.